The molecule has 5 nitrogen and oxygen atoms in total. The van der Waals surface area contributed by atoms with Gasteiger partial charge in [-0.1, -0.05) is 39.3 Å². The predicted molar refractivity (Wildman–Crippen MR) is 131 cm³/mol. The van der Waals surface area contributed by atoms with Gasteiger partial charge in [-0.15, -0.1) is 0 Å². The summed E-state index contributed by atoms with van der Waals surface area (Å²) in [5, 5.41) is 0. The Bertz CT molecular complexity index is 1120. The van der Waals surface area contributed by atoms with Crippen molar-refractivity contribution in [2.24, 2.45) is 24.8 Å². The molecule has 1 aromatic heterocycles. The predicted octanol–water partition coefficient (Wildman–Crippen LogP) is 2.71. The number of carbonyl (C=O) groups is 1. The quantitative estimate of drug-likeness (QED) is 0.258. The minimum absolute atomic E-state index is 0. The summed E-state index contributed by atoms with van der Waals surface area (Å²) in [4.78, 5) is 13.6. The zero-order valence-electron chi connectivity index (χ0n) is 21.1. The maximum Gasteiger partial charge on any atom is 0.351 e. The third-order valence-corrected chi connectivity index (χ3v) is 7.35. The Balaban J connectivity index is 0.00000324. The molecule has 34 heavy (non-hydrogen) atoms. The number of nitrogens with zero attached hydrogens (tertiary/aromatic N) is 2. The fraction of sp³-hybridized carbons (Fsp3) is 0.500. The van der Waals surface area contributed by atoms with Gasteiger partial charge in [0.1, 0.15) is 11.9 Å². The molecule has 0 amide bonds. The lowest BCUT2D eigenvalue weighted by Crippen LogP contribution is -3.00. The Morgan fingerprint density at radius 2 is 1.74 bits per heavy atom. The van der Waals surface area contributed by atoms with E-state index in [2.05, 4.69) is 42.0 Å². The number of rotatable bonds is 6. The van der Waals surface area contributed by atoms with Gasteiger partial charge in [0.15, 0.2) is 17.1 Å². The molecule has 0 radical (unpaired) electrons. The molecule has 0 saturated heterocycles. The van der Waals surface area contributed by atoms with Crippen LogP contribution in [0, 0.1) is 17.8 Å². The monoisotopic (exact) mass is 576 g/mol. The molecule has 1 saturated carbocycles. The Morgan fingerprint density at radius 1 is 1.06 bits per heavy atom. The normalized spacial score (nSPS) is 21.2. The number of aromatic nitrogens is 2. The second kappa shape index (κ2) is 11.1. The molecule has 4 atom stereocenters. The number of aryl methyl sites for hydroxylation is 1. The van der Waals surface area contributed by atoms with Crippen LogP contribution in [0.4, 0.5) is 0 Å². The van der Waals surface area contributed by atoms with Gasteiger partial charge in [-0.05, 0) is 73.9 Å². The van der Waals surface area contributed by atoms with Gasteiger partial charge in [-0.25, -0.2) is 13.9 Å². The summed E-state index contributed by atoms with van der Waals surface area (Å²) in [7, 11) is 3.72. The van der Waals surface area contributed by atoms with Crippen molar-refractivity contribution in [1.82, 2.24) is 4.57 Å². The number of esters is 1. The standard InChI is InChI=1S/C28H37N2O3.HI/c1-18(2)23-16-11-19(3)17-26(23)33-28(31)20(4)30-25-10-8-7-9-24(25)29(5)27(30)21-12-14-22(32-6)15-13-21;/h7-10,12-15,18-20,23,26H,11,16-17H2,1-6H3;1H/q+1;/p-1/t19-,20-,23+,26-;/m1./s1. The van der Waals surface area contributed by atoms with Crippen molar-refractivity contribution in [3.63, 3.8) is 0 Å². The van der Waals surface area contributed by atoms with Crippen LogP contribution in [-0.2, 0) is 16.6 Å². The van der Waals surface area contributed by atoms with Crippen LogP contribution in [-0.4, -0.2) is 23.8 Å². The summed E-state index contributed by atoms with van der Waals surface area (Å²) in [5.74, 6) is 3.15. The van der Waals surface area contributed by atoms with Gasteiger partial charge < -0.3 is 33.5 Å². The van der Waals surface area contributed by atoms with E-state index in [1.165, 1.54) is 6.42 Å². The smallest absolute Gasteiger partial charge is 0.351 e. The zero-order chi connectivity index (χ0) is 23.7. The largest absolute Gasteiger partial charge is 1.00 e. The fourth-order valence-corrected chi connectivity index (χ4v) is 5.41. The first-order valence-corrected chi connectivity index (χ1v) is 12.2. The first kappa shape index (κ1) is 26.5. The van der Waals surface area contributed by atoms with Crippen molar-refractivity contribution < 1.29 is 42.8 Å². The lowest BCUT2D eigenvalue weighted by Gasteiger charge is -2.37. The molecule has 1 aliphatic rings. The van der Waals surface area contributed by atoms with Crippen LogP contribution in [0.5, 0.6) is 5.75 Å². The van der Waals surface area contributed by atoms with Gasteiger partial charge in [0.05, 0.1) is 19.7 Å². The molecular weight excluding hydrogens is 539 g/mol. The van der Waals surface area contributed by atoms with E-state index in [4.69, 9.17) is 9.47 Å². The molecule has 1 heterocycles. The Morgan fingerprint density at radius 3 is 2.38 bits per heavy atom. The molecule has 0 unspecified atom stereocenters. The number of para-hydroxylation sites is 2. The molecule has 0 spiro atoms. The lowest BCUT2D eigenvalue weighted by atomic mass is 9.75. The summed E-state index contributed by atoms with van der Waals surface area (Å²) in [5.41, 5.74) is 3.13. The number of imidazole rings is 1. The molecule has 1 aliphatic carbocycles. The van der Waals surface area contributed by atoms with Crippen LogP contribution in [0.1, 0.15) is 53.0 Å². The Labute approximate surface area is 220 Å². The maximum atomic E-state index is 13.6. The van der Waals surface area contributed by atoms with Crippen LogP contribution >= 0.6 is 0 Å². The van der Waals surface area contributed by atoms with Gasteiger partial charge in [0.25, 0.3) is 5.82 Å². The van der Waals surface area contributed by atoms with E-state index in [1.807, 2.05) is 50.4 Å². The van der Waals surface area contributed by atoms with Gasteiger partial charge >= 0.3 is 5.97 Å². The van der Waals surface area contributed by atoms with E-state index in [0.717, 1.165) is 41.0 Å². The van der Waals surface area contributed by atoms with Crippen LogP contribution in [0.2, 0.25) is 0 Å². The summed E-state index contributed by atoms with van der Waals surface area (Å²) < 4.78 is 15.9. The third kappa shape index (κ3) is 5.11. The highest BCUT2D eigenvalue weighted by Gasteiger charge is 2.37. The molecule has 4 rings (SSSR count). The first-order chi connectivity index (χ1) is 15.8. The van der Waals surface area contributed by atoms with Gasteiger partial charge in [-0.3, -0.25) is 0 Å². The molecule has 2 aromatic carbocycles. The highest BCUT2D eigenvalue weighted by Crippen LogP contribution is 2.36. The van der Waals surface area contributed by atoms with Crippen LogP contribution < -0.4 is 33.3 Å². The SMILES string of the molecule is COc1ccc(-c2n([C@H](C)C(=O)O[C@@H]3C[C@H](C)CC[C@H]3C(C)C)c3ccccc3[n+]2C)cc1.[I-]. The Kier molecular flexibility index (Phi) is 8.66. The van der Waals surface area contributed by atoms with Gasteiger partial charge in [0.2, 0.25) is 0 Å². The molecule has 0 N–H and O–H groups in total. The topological polar surface area (TPSA) is 44.3 Å². The van der Waals surface area contributed by atoms with E-state index in [-0.39, 0.29) is 36.0 Å². The van der Waals surface area contributed by atoms with Gasteiger partial charge in [-0.2, -0.15) is 0 Å². The van der Waals surface area contributed by atoms with Crippen LogP contribution in [0.15, 0.2) is 48.5 Å². The van der Waals surface area contributed by atoms with Crippen LogP contribution in [0.3, 0.4) is 0 Å². The number of halogens is 1. The summed E-state index contributed by atoms with van der Waals surface area (Å²) in [6.45, 7) is 8.71. The maximum absolute atomic E-state index is 13.6. The van der Waals surface area contributed by atoms with Gasteiger partial charge in [0, 0.05) is 0 Å². The number of hydrogen-bond donors (Lipinski definition) is 0. The first-order valence-electron chi connectivity index (χ1n) is 12.2. The average molecular weight is 577 g/mol. The van der Waals surface area contributed by atoms with E-state index >= 15 is 0 Å². The van der Waals surface area contributed by atoms with Crippen molar-refractivity contribution in [3.05, 3.63) is 48.5 Å². The van der Waals surface area contributed by atoms with Crippen molar-refractivity contribution in [3.8, 4) is 17.1 Å². The van der Waals surface area contributed by atoms with Crippen LogP contribution in [0.25, 0.3) is 22.4 Å². The van der Waals surface area contributed by atoms with Crippen molar-refractivity contribution in [1.29, 1.82) is 0 Å². The number of fused-ring (bicyclic) bond motifs is 1. The third-order valence-electron chi connectivity index (χ3n) is 7.35. The second-order valence-corrected chi connectivity index (χ2v) is 9.95. The summed E-state index contributed by atoms with van der Waals surface area (Å²) in [6.07, 6.45) is 3.28. The minimum Gasteiger partial charge on any atom is -1.00 e. The highest BCUT2D eigenvalue weighted by atomic mass is 127. The average Bonchev–Trinajstić information content (AvgIpc) is 3.11. The lowest BCUT2D eigenvalue weighted by molar-refractivity contribution is -0.634. The molecule has 6 heteroatoms. The van der Waals surface area contributed by atoms with Crippen molar-refractivity contribution >= 4 is 17.0 Å². The molecular formula is C28H37IN2O3. The summed E-state index contributed by atoms with van der Waals surface area (Å²) >= 11 is 0. The molecule has 0 aliphatic heterocycles. The van der Waals surface area contributed by atoms with E-state index in [1.54, 1.807) is 7.11 Å². The molecule has 3 aromatic rings. The number of hydrogen-bond acceptors (Lipinski definition) is 3. The Hall–Kier alpha value is -2.09. The summed E-state index contributed by atoms with van der Waals surface area (Å²) in [6, 6.07) is 15.8. The molecule has 1 fully saturated rings. The van der Waals surface area contributed by atoms with E-state index in [0.29, 0.717) is 17.8 Å². The molecule has 0 bridgehead atoms. The zero-order valence-corrected chi connectivity index (χ0v) is 23.3. The number of carbonyl (C=O) groups excluding carboxylic acids is 1. The molecule has 184 valence electrons. The van der Waals surface area contributed by atoms with E-state index < -0.39 is 6.04 Å². The number of ether oxygens (including phenoxy) is 2. The number of methoxy groups -OCH3 is 1. The van der Waals surface area contributed by atoms with Crippen molar-refractivity contribution in [2.75, 3.05) is 7.11 Å². The fourth-order valence-electron chi connectivity index (χ4n) is 5.41. The second-order valence-electron chi connectivity index (χ2n) is 9.95. The van der Waals surface area contributed by atoms with E-state index in [9.17, 15) is 4.79 Å². The minimum atomic E-state index is -0.446. The number of benzene rings is 2. The van der Waals surface area contributed by atoms with Crippen molar-refractivity contribution in [2.45, 2.75) is 59.1 Å². The highest BCUT2D eigenvalue weighted by molar-refractivity contribution is 5.82.